The van der Waals surface area contributed by atoms with E-state index in [2.05, 4.69) is 10.3 Å². The standard InChI is InChI=1S/C13H14N2O2S/c16-11(17)8-13(4-1-5-13)15-12-9-3-7-18-10(9)2-6-14-12/h2-3,6-7H,1,4-5,8H2,(H,14,15)(H,16,17). The van der Waals surface area contributed by atoms with Crippen molar-refractivity contribution >= 4 is 33.2 Å². The Hall–Kier alpha value is -1.62. The number of carboxylic acid groups (broad SMARTS) is 1. The van der Waals surface area contributed by atoms with Crippen molar-refractivity contribution in [3.05, 3.63) is 23.7 Å². The lowest BCUT2D eigenvalue weighted by atomic mass is 9.74. The van der Waals surface area contributed by atoms with E-state index in [1.165, 1.54) is 4.70 Å². The molecule has 0 amide bonds. The summed E-state index contributed by atoms with van der Waals surface area (Å²) in [5.41, 5.74) is -0.297. The summed E-state index contributed by atoms with van der Waals surface area (Å²) in [5, 5.41) is 15.5. The number of carboxylic acids is 1. The van der Waals surface area contributed by atoms with Gasteiger partial charge in [-0.25, -0.2) is 4.98 Å². The van der Waals surface area contributed by atoms with E-state index in [1.807, 2.05) is 17.5 Å². The van der Waals surface area contributed by atoms with Gasteiger partial charge >= 0.3 is 5.97 Å². The SMILES string of the molecule is O=C(O)CC1(Nc2nccc3sccc23)CCC1. The van der Waals surface area contributed by atoms with E-state index in [0.29, 0.717) is 0 Å². The number of pyridine rings is 1. The molecular formula is C13H14N2O2S. The molecule has 2 aromatic rings. The zero-order chi connectivity index (χ0) is 12.6. The summed E-state index contributed by atoms with van der Waals surface area (Å²) in [6.45, 7) is 0. The zero-order valence-electron chi connectivity index (χ0n) is 9.85. The molecule has 0 radical (unpaired) electrons. The van der Waals surface area contributed by atoms with Crippen LogP contribution in [0.2, 0.25) is 0 Å². The Labute approximate surface area is 109 Å². The quantitative estimate of drug-likeness (QED) is 0.888. The maximum Gasteiger partial charge on any atom is 0.305 e. The van der Waals surface area contributed by atoms with Gasteiger partial charge in [0.15, 0.2) is 0 Å². The maximum absolute atomic E-state index is 11.0. The predicted octanol–water partition coefficient (Wildman–Crippen LogP) is 3.11. The number of fused-ring (bicyclic) bond motifs is 1. The average molecular weight is 262 g/mol. The van der Waals surface area contributed by atoms with Crippen LogP contribution in [0.1, 0.15) is 25.7 Å². The van der Waals surface area contributed by atoms with Crippen molar-refractivity contribution in [2.75, 3.05) is 5.32 Å². The monoisotopic (exact) mass is 262 g/mol. The third-order valence-corrected chi connectivity index (χ3v) is 4.45. The van der Waals surface area contributed by atoms with E-state index in [1.54, 1.807) is 17.5 Å². The van der Waals surface area contributed by atoms with Crippen LogP contribution in [0.4, 0.5) is 5.82 Å². The third kappa shape index (κ3) is 1.95. The van der Waals surface area contributed by atoms with Gasteiger partial charge in [-0.05, 0) is 36.8 Å². The van der Waals surface area contributed by atoms with E-state index in [0.717, 1.165) is 30.5 Å². The van der Waals surface area contributed by atoms with Gasteiger partial charge in [0.05, 0.1) is 6.42 Å². The summed E-state index contributed by atoms with van der Waals surface area (Å²) < 4.78 is 1.18. The van der Waals surface area contributed by atoms with E-state index < -0.39 is 5.97 Å². The summed E-state index contributed by atoms with van der Waals surface area (Å²) in [4.78, 5) is 15.3. The lowest BCUT2D eigenvalue weighted by Crippen LogP contribution is -2.47. The minimum atomic E-state index is -0.750. The van der Waals surface area contributed by atoms with Crippen molar-refractivity contribution < 1.29 is 9.90 Å². The molecule has 0 atom stereocenters. The fourth-order valence-corrected chi connectivity index (χ4v) is 3.27. The smallest absolute Gasteiger partial charge is 0.305 e. The van der Waals surface area contributed by atoms with Crippen LogP contribution in [-0.4, -0.2) is 21.6 Å². The van der Waals surface area contributed by atoms with Crippen LogP contribution < -0.4 is 5.32 Å². The third-order valence-electron chi connectivity index (χ3n) is 3.56. The molecule has 0 unspecified atom stereocenters. The number of nitrogens with zero attached hydrogens (tertiary/aromatic N) is 1. The Morgan fingerprint density at radius 3 is 3.00 bits per heavy atom. The molecule has 2 aromatic heterocycles. The largest absolute Gasteiger partial charge is 0.481 e. The van der Waals surface area contributed by atoms with E-state index in [9.17, 15) is 4.79 Å². The van der Waals surface area contributed by atoms with Crippen LogP contribution in [0.15, 0.2) is 23.7 Å². The number of hydrogen-bond donors (Lipinski definition) is 2. The second-order valence-electron chi connectivity index (χ2n) is 4.82. The molecule has 94 valence electrons. The molecule has 3 rings (SSSR count). The van der Waals surface area contributed by atoms with Crippen LogP contribution in [-0.2, 0) is 4.79 Å². The Morgan fingerprint density at radius 1 is 1.50 bits per heavy atom. The molecule has 1 fully saturated rings. The Kier molecular flexibility index (Phi) is 2.70. The highest BCUT2D eigenvalue weighted by atomic mass is 32.1. The minimum Gasteiger partial charge on any atom is -0.481 e. The highest BCUT2D eigenvalue weighted by Gasteiger charge is 2.39. The van der Waals surface area contributed by atoms with Crippen molar-refractivity contribution in [1.82, 2.24) is 4.98 Å². The minimum absolute atomic E-state index is 0.162. The van der Waals surface area contributed by atoms with Gasteiger partial charge in [-0.15, -0.1) is 11.3 Å². The van der Waals surface area contributed by atoms with Gasteiger partial charge in [0.25, 0.3) is 0 Å². The Bertz CT molecular complexity index is 589. The predicted molar refractivity (Wildman–Crippen MR) is 72.1 cm³/mol. The zero-order valence-corrected chi connectivity index (χ0v) is 10.7. The summed E-state index contributed by atoms with van der Waals surface area (Å²) in [6.07, 6.45) is 4.83. The van der Waals surface area contributed by atoms with Crippen LogP contribution in [0.3, 0.4) is 0 Å². The van der Waals surface area contributed by atoms with Gasteiger partial charge in [-0.1, -0.05) is 0 Å². The fourth-order valence-electron chi connectivity index (χ4n) is 2.48. The summed E-state index contributed by atoms with van der Waals surface area (Å²) in [7, 11) is 0. The first-order chi connectivity index (χ1) is 8.69. The first kappa shape index (κ1) is 11.5. The molecular weight excluding hydrogens is 248 g/mol. The van der Waals surface area contributed by atoms with Crippen LogP contribution in [0.5, 0.6) is 0 Å². The topological polar surface area (TPSA) is 62.2 Å². The van der Waals surface area contributed by atoms with Crippen LogP contribution >= 0.6 is 11.3 Å². The molecule has 2 N–H and O–H groups in total. The Morgan fingerprint density at radius 2 is 2.33 bits per heavy atom. The van der Waals surface area contributed by atoms with E-state index >= 15 is 0 Å². The van der Waals surface area contributed by atoms with Gasteiger partial charge < -0.3 is 10.4 Å². The molecule has 0 aromatic carbocycles. The van der Waals surface area contributed by atoms with Gasteiger partial charge in [-0.2, -0.15) is 0 Å². The molecule has 4 nitrogen and oxygen atoms in total. The highest BCUT2D eigenvalue weighted by molar-refractivity contribution is 7.17. The first-order valence-electron chi connectivity index (χ1n) is 6.01. The van der Waals surface area contributed by atoms with Crippen molar-refractivity contribution in [1.29, 1.82) is 0 Å². The Balaban J connectivity index is 1.91. The molecule has 5 heteroatoms. The molecule has 0 aliphatic heterocycles. The molecule has 0 bridgehead atoms. The lowest BCUT2D eigenvalue weighted by molar-refractivity contribution is -0.138. The normalized spacial score (nSPS) is 17.3. The van der Waals surface area contributed by atoms with Gasteiger partial charge in [0.2, 0.25) is 0 Å². The highest BCUT2D eigenvalue weighted by Crippen LogP contribution is 2.39. The molecule has 1 saturated carbocycles. The maximum atomic E-state index is 11.0. The summed E-state index contributed by atoms with van der Waals surface area (Å²) >= 11 is 1.67. The summed E-state index contributed by atoms with van der Waals surface area (Å²) in [5.74, 6) is 0.0643. The number of aromatic nitrogens is 1. The second-order valence-corrected chi connectivity index (χ2v) is 5.77. The number of carbonyl (C=O) groups is 1. The van der Waals surface area contributed by atoms with E-state index in [4.69, 9.17) is 5.11 Å². The molecule has 0 saturated heterocycles. The molecule has 1 aliphatic carbocycles. The van der Waals surface area contributed by atoms with Crippen molar-refractivity contribution in [2.24, 2.45) is 0 Å². The molecule has 0 spiro atoms. The number of anilines is 1. The average Bonchev–Trinajstić information content (AvgIpc) is 2.74. The summed E-state index contributed by atoms with van der Waals surface area (Å²) in [6, 6.07) is 4.01. The molecule has 1 aliphatic rings. The second kappa shape index (κ2) is 4.24. The van der Waals surface area contributed by atoms with Crippen LogP contribution in [0, 0.1) is 0 Å². The van der Waals surface area contributed by atoms with Gasteiger partial charge in [0.1, 0.15) is 5.82 Å². The molecule has 2 heterocycles. The number of hydrogen-bond acceptors (Lipinski definition) is 4. The fraction of sp³-hybridized carbons (Fsp3) is 0.385. The number of rotatable bonds is 4. The van der Waals surface area contributed by atoms with Crippen molar-refractivity contribution in [3.63, 3.8) is 0 Å². The van der Waals surface area contributed by atoms with E-state index in [-0.39, 0.29) is 12.0 Å². The first-order valence-corrected chi connectivity index (χ1v) is 6.89. The van der Waals surface area contributed by atoms with Gasteiger partial charge in [0, 0.05) is 21.8 Å². The lowest BCUT2D eigenvalue weighted by Gasteiger charge is -2.42. The molecule has 18 heavy (non-hydrogen) atoms. The number of thiophene rings is 1. The van der Waals surface area contributed by atoms with Crippen LogP contribution in [0.25, 0.3) is 10.1 Å². The number of aliphatic carboxylic acids is 1. The number of nitrogens with one attached hydrogen (secondary N) is 1. The van der Waals surface area contributed by atoms with Crippen molar-refractivity contribution in [2.45, 2.75) is 31.2 Å². The van der Waals surface area contributed by atoms with Gasteiger partial charge in [-0.3, -0.25) is 4.79 Å². The van der Waals surface area contributed by atoms with Crippen molar-refractivity contribution in [3.8, 4) is 0 Å².